The second kappa shape index (κ2) is 8.19. The molecule has 0 radical (unpaired) electrons. The zero-order valence-electron chi connectivity index (χ0n) is 15.6. The van der Waals surface area contributed by atoms with Gasteiger partial charge in [-0.3, -0.25) is 19.9 Å². The van der Waals surface area contributed by atoms with Gasteiger partial charge in [0.25, 0.3) is 11.6 Å². The number of carbonyl (C=O) groups excluding carboxylic acids is 1. The van der Waals surface area contributed by atoms with Gasteiger partial charge in [0.05, 0.1) is 10.3 Å². The highest BCUT2D eigenvalue weighted by atomic mass is 19.4. The molecule has 0 bridgehead atoms. The second-order valence-corrected chi connectivity index (χ2v) is 6.66. The molecule has 2 heterocycles. The van der Waals surface area contributed by atoms with E-state index in [0.717, 1.165) is 5.69 Å². The molecule has 1 aliphatic rings. The van der Waals surface area contributed by atoms with Crippen LogP contribution in [0.4, 0.5) is 24.5 Å². The number of aromatic nitrogens is 1. The zero-order chi connectivity index (χ0) is 21.2. The molecule has 1 aliphatic heterocycles. The van der Waals surface area contributed by atoms with Gasteiger partial charge in [-0.1, -0.05) is 0 Å². The number of ether oxygens (including phenoxy) is 1. The van der Waals surface area contributed by atoms with Gasteiger partial charge >= 0.3 is 6.18 Å². The predicted octanol–water partition coefficient (Wildman–Crippen LogP) is 2.76. The summed E-state index contributed by atoms with van der Waals surface area (Å²) >= 11 is 0. The summed E-state index contributed by atoms with van der Waals surface area (Å²) in [5, 5.41) is 12.3. The minimum atomic E-state index is -4.49. The maximum absolute atomic E-state index is 12.3. The van der Waals surface area contributed by atoms with E-state index in [1.165, 1.54) is 24.1 Å². The van der Waals surface area contributed by atoms with E-state index < -0.39 is 29.7 Å². The summed E-state index contributed by atoms with van der Waals surface area (Å²) in [5.74, 6) is -0.494. The Morgan fingerprint density at radius 1 is 1.24 bits per heavy atom. The highest BCUT2D eigenvalue weighted by Gasteiger charge is 2.32. The zero-order valence-corrected chi connectivity index (χ0v) is 15.6. The highest BCUT2D eigenvalue weighted by molar-refractivity contribution is 5.99. The van der Waals surface area contributed by atoms with Gasteiger partial charge in [-0.05, 0) is 19.1 Å². The number of alkyl halides is 3. The molecular formula is C18H19F3N4O4. The SMILES string of the molecule is CC(OCC(F)(F)F)C(=O)N1CCN(c2ccc([N+](=O)[O-])c3cnccc23)CC1. The monoisotopic (exact) mass is 412 g/mol. The number of carbonyl (C=O) groups is 1. The van der Waals surface area contributed by atoms with E-state index in [1.54, 1.807) is 18.3 Å². The van der Waals surface area contributed by atoms with Crippen molar-refractivity contribution in [2.24, 2.45) is 0 Å². The van der Waals surface area contributed by atoms with Gasteiger partial charge in [-0.25, -0.2) is 0 Å². The molecule has 2 aromatic rings. The summed E-state index contributed by atoms with van der Waals surface area (Å²) in [6.45, 7) is 1.32. The molecule has 0 saturated carbocycles. The van der Waals surface area contributed by atoms with Crippen LogP contribution in [0.3, 0.4) is 0 Å². The lowest BCUT2D eigenvalue weighted by atomic mass is 10.1. The lowest BCUT2D eigenvalue weighted by molar-refractivity contribution is -0.383. The average molecular weight is 412 g/mol. The van der Waals surface area contributed by atoms with Crippen molar-refractivity contribution in [3.8, 4) is 0 Å². The molecule has 0 aliphatic carbocycles. The number of nitro benzene ring substituents is 1. The first kappa shape index (κ1) is 20.8. The summed E-state index contributed by atoms with van der Waals surface area (Å²) in [6, 6.07) is 4.78. The van der Waals surface area contributed by atoms with Crippen molar-refractivity contribution in [2.75, 3.05) is 37.7 Å². The number of rotatable bonds is 5. The Labute approximate surface area is 164 Å². The minimum absolute atomic E-state index is 0.0405. The molecule has 1 saturated heterocycles. The number of amides is 1. The number of hydrogen-bond acceptors (Lipinski definition) is 6. The van der Waals surface area contributed by atoms with E-state index in [-0.39, 0.29) is 5.69 Å². The first-order valence-corrected chi connectivity index (χ1v) is 8.90. The molecule has 1 aromatic carbocycles. The Hall–Kier alpha value is -2.95. The fraction of sp³-hybridized carbons (Fsp3) is 0.444. The van der Waals surface area contributed by atoms with Crippen LogP contribution in [0.15, 0.2) is 30.6 Å². The Kier molecular flexibility index (Phi) is 5.87. The molecule has 156 valence electrons. The number of anilines is 1. The molecular weight excluding hydrogens is 393 g/mol. The number of nitro groups is 1. The average Bonchev–Trinajstić information content (AvgIpc) is 2.70. The van der Waals surface area contributed by atoms with Crippen LogP contribution in [0.25, 0.3) is 10.8 Å². The van der Waals surface area contributed by atoms with Crippen LogP contribution in [0.5, 0.6) is 0 Å². The molecule has 1 atom stereocenters. The van der Waals surface area contributed by atoms with Crippen LogP contribution in [0.1, 0.15) is 6.92 Å². The summed E-state index contributed by atoms with van der Waals surface area (Å²) in [7, 11) is 0. The maximum Gasteiger partial charge on any atom is 0.411 e. The first-order chi connectivity index (χ1) is 13.7. The fourth-order valence-electron chi connectivity index (χ4n) is 3.31. The Balaban J connectivity index is 1.69. The number of nitrogens with zero attached hydrogens (tertiary/aromatic N) is 4. The lowest BCUT2D eigenvalue weighted by Crippen LogP contribution is -2.51. The highest BCUT2D eigenvalue weighted by Crippen LogP contribution is 2.33. The molecule has 0 spiro atoms. The number of piperazine rings is 1. The van der Waals surface area contributed by atoms with Crippen LogP contribution >= 0.6 is 0 Å². The fourth-order valence-corrected chi connectivity index (χ4v) is 3.31. The topological polar surface area (TPSA) is 88.8 Å². The van der Waals surface area contributed by atoms with Gasteiger partial charge in [0.15, 0.2) is 0 Å². The summed E-state index contributed by atoms with van der Waals surface area (Å²) in [6.07, 6.45) is -2.68. The third kappa shape index (κ3) is 4.73. The Morgan fingerprint density at radius 3 is 2.55 bits per heavy atom. The van der Waals surface area contributed by atoms with Crippen molar-refractivity contribution in [2.45, 2.75) is 19.2 Å². The molecule has 1 fully saturated rings. The Morgan fingerprint density at radius 2 is 1.93 bits per heavy atom. The molecule has 29 heavy (non-hydrogen) atoms. The lowest BCUT2D eigenvalue weighted by Gasteiger charge is -2.37. The van der Waals surface area contributed by atoms with Crippen LogP contribution in [0, 0.1) is 10.1 Å². The third-order valence-corrected chi connectivity index (χ3v) is 4.75. The number of halogens is 3. The summed E-state index contributed by atoms with van der Waals surface area (Å²) in [4.78, 5) is 30.5. The van der Waals surface area contributed by atoms with Gasteiger partial charge in [0.2, 0.25) is 0 Å². The van der Waals surface area contributed by atoms with Crippen molar-refractivity contribution < 1.29 is 27.6 Å². The van der Waals surface area contributed by atoms with E-state index >= 15 is 0 Å². The molecule has 1 unspecified atom stereocenters. The van der Waals surface area contributed by atoms with Crippen LogP contribution < -0.4 is 4.90 Å². The minimum Gasteiger partial charge on any atom is -0.367 e. The van der Waals surface area contributed by atoms with Gasteiger partial charge in [0.1, 0.15) is 12.7 Å². The third-order valence-electron chi connectivity index (χ3n) is 4.75. The Bertz CT molecular complexity index is 914. The van der Waals surface area contributed by atoms with Crippen molar-refractivity contribution in [3.05, 3.63) is 40.7 Å². The largest absolute Gasteiger partial charge is 0.411 e. The number of hydrogen-bond donors (Lipinski definition) is 0. The summed E-state index contributed by atoms with van der Waals surface area (Å²) in [5.41, 5.74) is 0.739. The quantitative estimate of drug-likeness (QED) is 0.554. The molecule has 0 N–H and O–H groups in total. The predicted molar refractivity (Wildman–Crippen MR) is 98.7 cm³/mol. The molecule has 11 heteroatoms. The maximum atomic E-state index is 12.3. The van der Waals surface area contributed by atoms with E-state index in [1.807, 2.05) is 4.90 Å². The van der Waals surface area contributed by atoms with Crippen molar-refractivity contribution in [3.63, 3.8) is 0 Å². The van der Waals surface area contributed by atoms with E-state index in [2.05, 4.69) is 9.72 Å². The van der Waals surface area contributed by atoms with E-state index in [9.17, 15) is 28.1 Å². The second-order valence-electron chi connectivity index (χ2n) is 6.66. The summed E-state index contributed by atoms with van der Waals surface area (Å²) < 4.78 is 41.4. The van der Waals surface area contributed by atoms with E-state index in [4.69, 9.17) is 0 Å². The number of non-ortho nitro benzene ring substituents is 1. The smallest absolute Gasteiger partial charge is 0.367 e. The molecule has 8 nitrogen and oxygen atoms in total. The van der Waals surface area contributed by atoms with Gasteiger partial charge in [0, 0.05) is 55.7 Å². The van der Waals surface area contributed by atoms with Crippen molar-refractivity contribution in [1.29, 1.82) is 0 Å². The first-order valence-electron chi connectivity index (χ1n) is 8.90. The van der Waals surface area contributed by atoms with Crippen LogP contribution in [-0.2, 0) is 9.53 Å². The number of fused-ring (bicyclic) bond motifs is 1. The molecule has 1 aromatic heterocycles. The number of benzene rings is 1. The van der Waals surface area contributed by atoms with Crippen LogP contribution in [-0.4, -0.2) is 65.8 Å². The van der Waals surface area contributed by atoms with E-state index in [0.29, 0.717) is 37.0 Å². The van der Waals surface area contributed by atoms with Gasteiger partial charge < -0.3 is 14.5 Å². The van der Waals surface area contributed by atoms with Crippen LogP contribution in [0.2, 0.25) is 0 Å². The molecule has 3 rings (SSSR count). The van der Waals surface area contributed by atoms with Crippen molar-refractivity contribution >= 4 is 28.1 Å². The van der Waals surface area contributed by atoms with Gasteiger partial charge in [-0.2, -0.15) is 13.2 Å². The number of pyridine rings is 1. The molecule has 1 amide bonds. The van der Waals surface area contributed by atoms with Crippen molar-refractivity contribution in [1.82, 2.24) is 9.88 Å². The van der Waals surface area contributed by atoms with Gasteiger partial charge in [-0.15, -0.1) is 0 Å². The normalized spacial score (nSPS) is 16.1. The standard InChI is InChI=1S/C18H19F3N4O4/c1-12(29-11-18(19,20)21)17(26)24-8-6-23(7-9-24)15-2-3-16(25(27)28)14-10-22-5-4-13(14)15/h2-5,10,12H,6-9,11H2,1H3.